The number of aromatic nitrogens is 4. The van der Waals surface area contributed by atoms with Gasteiger partial charge in [-0.2, -0.15) is 0 Å². The second-order valence-corrected chi connectivity index (χ2v) is 8.98. The highest BCUT2D eigenvalue weighted by Gasteiger charge is 2.17. The summed E-state index contributed by atoms with van der Waals surface area (Å²) in [5, 5.41) is 17.2. The van der Waals surface area contributed by atoms with Crippen molar-refractivity contribution in [1.29, 1.82) is 0 Å². The molecule has 0 saturated heterocycles. The number of nitrogens with one attached hydrogen (secondary N) is 2. The third-order valence-corrected chi connectivity index (χ3v) is 5.14. The molecule has 8 heteroatoms. The predicted molar refractivity (Wildman–Crippen MR) is 132 cm³/mol. The Labute approximate surface area is 192 Å². The summed E-state index contributed by atoms with van der Waals surface area (Å²) in [7, 11) is 0. The molecule has 0 fully saturated rings. The lowest BCUT2D eigenvalue weighted by molar-refractivity contribution is 0.274. The van der Waals surface area contributed by atoms with E-state index in [1.807, 2.05) is 64.2 Å². The maximum absolute atomic E-state index is 13.1. The first kappa shape index (κ1) is 22.4. The van der Waals surface area contributed by atoms with Crippen LogP contribution in [-0.4, -0.2) is 36.8 Å². The summed E-state index contributed by atoms with van der Waals surface area (Å²) in [6, 6.07) is 9.59. The zero-order valence-corrected chi connectivity index (χ0v) is 19.3. The molecule has 0 spiro atoms. The van der Waals surface area contributed by atoms with E-state index < -0.39 is 0 Å². The van der Waals surface area contributed by atoms with Gasteiger partial charge in [0.2, 0.25) is 0 Å². The Morgan fingerprint density at radius 3 is 2.64 bits per heavy atom. The Morgan fingerprint density at radius 2 is 1.91 bits per heavy atom. The van der Waals surface area contributed by atoms with Gasteiger partial charge in [-0.3, -0.25) is 9.78 Å². The van der Waals surface area contributed by atoms with Gasteiger partial charge >= 0.3 is 0 Å². The monoisotopic (exact) mass is 444 g/mol. The van der Waals surface area contributed by atoms with Gasteiger partial charge < -0.3 is 20.3 Å². The van der Waals surface area contributed by atoms with Crippen molar-refractivity contribution in [3.63, 3.8) is 0 Å². The molecule has 0 radical (unpaired) electrons. The topological polar surface area (TPSA) is 105 Å². The fourth-order valence-corrected chi connectivity index (χ4v) is 3.69. The molecule has 0 unspecified atom stereocenters. The zero-order chi connectivity index (χ0) is 23.6. The second-order valence-electron chi connectivity index (χ2n) is 8.98. The van der Waals surface area contributed by atoms with Crippen molar-refractivity contribution in [2.45, 2.75) is 39.8 Å². The Morgan fingerprint density at radius 1 is 1.09 bits per heavy atom. The summed E-state index contributed by atoms with van der Waals surface area (Å²) < 4.78 is 1.49. The minimum atomic E-state index is -0.306. The number of pyridine rings is 4. The van der Waals surface area contributed by atoms with Crippen molar-refractivity contribution in [2.75, 3.05) is 17.2 Å². The van der Waals surface area contributed by atoms with Crippen LogP contribution >= 0.6 is 0 Å². The average Bonchev–Trinajstić information content (AvgIpc) is 2.75. The van der Waals surface area contributed by atoms with E-state index in [2.05, 4.69) is 20.6 Å². The zero-order valence-electron chi connectivity index (χ0n) is 19.3. The molecule has 0 aliphatic heterocycles. The minimum absolute atomic E-state index is 0.112. The molecule has 0 aliphatic rings. The number of hydrogen-bond donors (Lipinski definition) is 3. The number of anilines is 3. The van der Waals surface area contributed by atoms with Crippen molar-refractivity contribution in [3.05, 3.63) is 71.0 Å². The normalized spacial score (nSPS) is 11.5. The third kappa shape index (κ3) is 5.01. The van der Waals surface area contributed by atoms with Gasteiger partial charge in [-0.25, -0.2) is 9.97 Å². The summed E-state index contributed by atoms with van der Waals surface area (Å²) in [4.78, 5) is 26.4. The fraction of sp³-hybridized carbons (Fsp3) is 0.280. The Bertz CT molecular complexity index is 1360. The van der Waals surface area contributed by atoms with Crippen molar-refractivity contribution >= 4 is 28.2 Å². The standard InChI is InChI=1S/C25H28N6O2/c1-16-15-26-8-6-19(16)17-5-9-27-20(13-17)28-21-14-18-7-10-31(11-12-32)24(33)22(18)23(29-21)30-25(2,3)4/h5-10,13-15,32H,11-12H2,1-4H3,(H2,27,28,29,30). The van der Waals surface area contributed by atoms with E-state index in [-0.39, 0.29) is 24.2 Å². The molecule has 170 valence electrons. The van der Waals surface area contributed by atoms with Gasteiger partial charge in [0.05, 0.1) is 12.0 Å². The van der Waals surface area contributed by atoms with Crippen LogP contribution in [0.1, 0.15) is 26.3 Å². The van der Waals surface area contributed by atoms with E-state index in [0.29, 0.717) is 22.8 Å². The molecule has 4 heterocycles. The molecule has 8 nitrogen and oxygen atoms in total. The molecule has 0 aliphatic carbocycles. The van der Waals surface area contributed by atoms with Crippen LogP contribution in [0.4, 0.5) is 17.5 Å². The highest BCUT2D eigenvalue weighted by Crippen LogP contribution is 2.28. The van der Waals surface area contributed by atoms with Gasteiger partial charge in [0.25, 0.3) is 5.56 Å². The van der Waals surface area contributed by atoms with Crippen LogP contribution in [-0.2, 0) is 6.54 Å². The van der Waals surface area contributed by atoms with Crippen molar-refractivity contribution < 1.29 is 5.11 Å². The van der Waals surface area contributed by atoms with E-state index in [1.165, 1.54) is 4.57 Å². The maximum atomic E-state index is 13.1. The number of aryl methyl sites for hydroxylation is 1. The number of aliphatic hydroxyl groups excluding tert-OH is 1. The van der Waals surface area contributed by atoms with Crippen LogP contribution in [0.25, 0.3) is 21.9 Å². The molecule has 3 N–H and O–H groups in total. The third-order valence-electron chi connectivity index (χ3n) is 5.14. The number of nitrogens with zero attached hydrogens (tertiary/aromatic N) is 4. The summed E-state index contributed by atoms with van der Waals surface area (Å²) in [6.45, 7) is 8.18. The molecule has 4 rings (SSSR count). The van der Waals surface area contributed by atoms with E-state index in [1.54, 1.807) is 18.6 Å². The highest BCUT2D eigenvalue weighted by molar-refractivity contribution is 5.93. The van der Waals surface area contributed by atoms with Crippen molar-refractivity contribution in [1.82, 2.24) is 19.5 Å². The van der Waals surface area contributed by atoms with E-state index in [4.69, 9.17) is 4.98 Å². The fourth-order valence-electron chi connectivity index (χ4n) is 3.69. The van der Waals surface area contributed by atoms with Crippen LogP contribution in [0, 0.1) is 6.92 Å². The summed E-state index contributed by atoms with van der Waals surface area (Å²) in [5.74, 6) is 1.71. The molecular weight excluding hydrogens is 416 g/mol. The molecule has 33 heavy (non-hydrogen) atoms. The van der Waals surface area contributed by atoms with Gasteiger partial charge in [0.1, 0.15) is 17.5 Å². The first-order valence-electron chi connectivity index (χ1n) is 10.8. The smallest absolute Gasteiger partial charge is 0.262 e. The van der Waals surface area contributed by atoms with E-state index in [9.17, 15) is 9.90 Å². The lowest BCUT2D eigenvalue weighted by Crippen LogP contribution is -2.29. The first-order valence-corrected chi connectivity index (χ1v) is 10.8. The molecule has 0 amide bonds. The minimum Gasteiger partial charge on any atom is -0.395 e. The summed E-state index contributed by atoms with van der Waals surface area (Å²) in [5.41, 5.74) is 2.68. The highest BCUT2D eigenvalue weighted by atomic mass is 16.3. The number of fused-ring (bicyclic) bond motifs is 1. The molecule has 0 atom stereocenters. The maximum Gasteiger partial charge on any atom is 0.262 e. The van der Waals surface area contributed by atoms with Crippen LogP contribution in [0.15, 0.2) is 59.9 Å². The predicted octanol–water partition coefficient (Wildman–Crippen LogP) is 4.11. The lowest BCUT2D eigenvalue weighted by atomic mass is 10.0. The van der Waals surface area contributed by atoms with Crippen molar-refractivity contribution in [3.8, 4) is 11.1 Å². The average molecular weight is 445 g/mol. The van der Waals surface area contributed by atoms with Gasteiger partial charge in [0.15, 0.2) is 0 Å². The van der Waals surface area contributed by atoms with Crippen LogP contribution in [0.5, 0.6) is 0 Å². The molecule has 0 bridgehead atoms. The van der Waals surface area contributed by atoms with Crippen LogP contribution in [0.2, 0.25) is 0 Å². The van der Waals surface area contributed by atoms with Crippen LogP contribution in [0.3, 0.4) is 0 Å². The molecule has 0 saturated carbocycles. The Balaban J connectivity index is 1.77. The van der Waals surface area contributed by atoms with Gasteiger partial charge in [-0.1, -0.05) is 0 Å². The molecular formula is C25H28N6O2. The van der Waals surface area contributed by atoms with E-state index >= 15 is 0 Å². The molecule has 4 aromatic rings. The largest absolute Gasteiger partial charge is 0.395 e. The summed E-state index contributed by atoms with van der Waals surface area (Å²) in [6.07, 6.45) is 7.05. The van der Waals surface area contributed by atoms with Crippen LogP contribution < -0.4 is 16.2 Å². The Kier molecular flexibility index (Phi) is 6.11. The van der Waals surface area contributed by atoms with Gasteiger partial charge in [0, 0.05) is 36.9 Å². The molecule has 4 aromatic heterocycles. The van der Waals surface area contributed by atoms with Gasteiger partial charge in [-0.15, -0.1) is 0 Å². The van der Waals surface area contributed by atoms with E-state index in [0.717, 1.165) is 22.1 Å². The second kappa shape index (κ2) is 8.99. The lowest BCUT2D eigenvalue weighted by Gasteiger charge is -2.23. The quantitative estimate of drug-likeness (QED) is 0.411. The number of aliphatic hydroxyl groups is 1. The van der Waals surface area contributed by atoms with Crippen molar-refractivity contribution in [2.24, 2.45) is 0 Å². The Hall–Kier alpha value is -3.78. The number of rotatable bonds is 6. The first-order chi connectivity index (χ1) is 15.7. The summed E-state index contributed by atoms with van der Waals surface area (Å²) >= 11 is 0. The van der Waals surface area contributed by atoms with Gasteiger partial charge in [-0.05, 0) is 80.1 Å². The number of hydrogen-bond acceptors (Lipinski definition) is 7. The SMILES string of the molecule is Cc1cnccc1-c1ccnc(Nc2cc3ccn(CCO)c(=O)c3c(NC(C)(C)C)n2)c1. The molecule has 0 aromatic carbocycles.